The summed E-state index contributed by atoms with van der Waals surface area (Å²) < 4.78 is 40.2. The van der Waals surface area contributed by atoms with Crippen molar-refractivity contribution in [3.63, 3.8) is 0 Å². The third-order valence-corrected chi connectivity index (χ3v) is 5.98. The fourth-order valence-corrected chi connectivity index (χ4v) is 4.69. The normalized spacial score (nSPS) is 12.5. The minimum absolute atomic E-state index is 0.0881. The molecule has 10 heteroatoms. The summed E-state index contributed by atoms with van der Waals surface area (Å²) in [5.74, 6) is -1.02. The zero-order chi connectivity index (χ0) is 16.6. The number of rotatable bonds is 4. The summed E-state index contributed by atoms with van der Waals surface area (Å²) in [6, 6.07) is 0. The van der Waals surface area contributed by atoms with E-state index in [1.165, 1.54) is 7.05 Å². The number of nitrogens with one attached hydrogen (secondary N) is 1. The molecule has 1 heterocycles. The molecule has 2 N–H and O–H groups in total. The third-order valence-electron chi connectivity index (χ3n) is 2.27. The maximum Gasteiger partial charge on any atom is 0.407 e. The van der Waals surface area contributed by atoms with Gasteiger partial charge in [-0.05, 0) is 20.8 Å². The third kappa shape index (κ3) is 4.53. The number of carboxylic acid groups (broad SMARTS) is 1. The van der Waals surface area contributed by atoms with Crippen molar-refractivity contribution in [2.45, 2.75) is 37.1 Å². The van der Waals surface area contributed by atoms with Crippen LogP contribution in [-0.2, 0) is 16.6 Å². The van der Waals surface area contributed by atoms with E-state index in [9.17, 15) is 17.6 Å². The Morgan fingerprint density at radius 3 is 2.43 bits per heavy atom. The average molecular weight is 359 g/mol. The maximum atomic E-state index is 14.3. The zero-order valence-electron chi connectivity index (χ0n) is 11.9. The fourth-order valence-electron chi connectivity index (χ4n) is 1.46. The number of thiophene rings is 1. The Bertz CT molecular complexity index is 652. The Labute approximate surface area is 131 Å². The van der Waals surface area contributed by atoms with Gasteiger partial charge >= 0.3 is 6.09 Å². The van der Waals surface area contributed by atoms with Crippen LogP contribution in [-0.4, -0.2) is 37.1 Å². The first-order valence-electron chi connectivity index (χ1n) is 5.80. The molecule has 0 saturated carbocycles. The van der Waals surface area contributed by atoms with Crippen LogP contribution in [0.5, 0.6) is 0 Å². The lowest BCUT2D eigenvalue weighted by Gasteiger charge is -2.19. The van der Waals surface area contributed by atoms with E-state index in [-0.39, 0.29) is 16.4 Å². The van der Waals surface area contributed by atoms with E-state index in [2.05, 4.69) is 4.72 Å². The van der Waals surface area contributed by atoms with Crippen molar-refractivity contribution >= 4 is 39.1 Å². The second kappa shape index (κ2) is 6.07. The van der Waals surface area contributed by atoms with E-state index >= 15 is 0 Å². The Morgan fingerprint density at radius 2 is 2.00 bits per heavy atom. The topological polar surface area (TPSA) is 86.7 Å². The number of hydrogen-bond acceptors (Lipinski definition) is 4. The van der Waals surface area contributed by atoms with Crippen LogP contribution >= 0.6 is 22.9 Å². The number of nitrogens with zero attached hydrogens (tertiary/aromatic N) is 1. The number of carbonyl (C=O) groups is 1. The van der Waals surface area contributed by atoms with Crippen LogP contribution in [0.4, 0.5) is 9.18 Å². The van der Waals surface area contributed by atoms with Gasteiger partial charge in [0, 0.05) is 18.2 Å². The summed E-state index contributed by atoms with van der Waals surface area (Å²) in [5, 5.41) is 8.78. The molecule has 0 saturated heterocycles. The summed E-state index contributed by atoms with van der Waals surface area (Å²) in [7, 11) is -2.83. The van der Waals surface area contributed by atoms with Crippen LogP contribution in [0.2, 0.25) is 4.34 Å². The maximum absolute atomic E-state index is 14.3. The first-order valence-corrected chi connectivity index (χ1v) is 8.47. The molecular formula is C11H16ClFN2O4S2. The molecule has 0 bridgehead atoms. The van der Waals surface area contributed by atoms with Gasteiger partial charge in [-0.2, -0.15) is 0 Å². The highest BCUT2D eigenvalue weighted by Crippen LogP contribution is 2.35. The highest BCUT2D eigenvalue weighted by molar-refractivity contribution is 7.91. The minimum Gasteiger partial charge on any atom is -0.465 e. The van der Waals surface area contributed by atoms with Crippen molar-refractivity contribution in [1.82, 2.24) is 9.62 Å². The highest BCUT2D eigenvalue weighted by Gasteiger charge is 2.31. The lowest BCUT2D eigenvalue weighted by atomic mass is 10.1. The van der Waals surface area contributed by atoms with Crippen LogP contribution in [0, 0.1) is 5.82 Å². The molecule has 6 nitrogen and oxygen atoms in total. The van der Waals surface area contributed by atoms with Gasteiger partial charge in [-0.15, -0.1) is 11.3 Å². The lowest BCUT2D eigenvalue weighted by Crippen LogP contribution is -2.40. The summed E-state index contributed by atoms with van der Waals surface area (Å²) >= 11 is 6.41. The van der Waals surface area contributed by atoms with Gasteiger partial charge in [0.15, 0.2) is 10.0 Å². The molecule has 0 aromatic carbocycles. The van der Waals surface area contributed by atoms with Crippen molar-refractivity contribution in [3.8, 4) is 0 Å². The molecule has 0 aliphatic rings. The largest absolute Gasteiger partial charge is 0.465 e. The van der Waals surface area contributed by atoms with Gasteiger partial charge in [-0.1, -0.05) is 11.6 Å². The van der Waals surface area contributed by atoms with E-state index in [0.29, 0.717) is 11.3 Å². The molecular weight excluding hydrogens is 343 g/mol. The standard InChI is InChI=1S/C11H16ClFN2O4S2/c1-11(2,3)14-21(18,19)9-7(13)6(8(12)20-9)5-15(4)10(16)17/h14H,5H2,1-4H3,(H,16,17). The van der Waals surface area contributed by atoms with Gasteiger partial charge in [0.05, 0.1) is 6.54 Å². The SMILES string of the molecule is CN(Cc1c(Cl)sc(S(=O)(=O)NC(C)(C)C)c1F)C(=O)O. The van der Waals surface area contributed by atoms with Gasteiger partial charge in [-0.3, -0.25) is 0 Å². The number of hydrogen-bond donors (Lipinski definition) is 2. The molecule has 0 unspecified atom stereocenters. The molecule has 1 rings (SSSR count). The highest BCUT2D eigenvalue weighted by atomic mass is 35.5. The predicted molar refractivity (Wildman–Crippen MR) is 78.9 cm³/mol. The number of sulfonamides is 1. The lowest BCUT2D eigenvalue weighted by molar-refractivity contribution is 0.153. The van der Waals surface area contributed by atoms with Crippen molar-refractivity contribution in [1.29, 1.82) is 0 Å². The Hall–Kier alpha value is -0.900. The van der Waals surface area contributed by atoms with Crippen LogP contribution in [0.15, 0.2) is 4.21 Å². The van der Waals surface area contributed by atoms with E-state index < -0.39 is 31.7 Å². The molecule has 0 spiro atoms. The Morgan fingerprint density at radius 1 is 1.48 bits per heavy atom. The molecule has 1 aromatic heterocycles. The summed E-state index contributed by atoms with van der Waals surface area (Å²) in [4.78, 5) is 11.6. The van der Waals surface area contributed by atoms with Crippen LogP contribution in [0.25, 0.3) is 0 Å². The quantitative estimate of drug-likeness (QED) is 0.866. The van der Waals surface area contributed by atoms with Gasteiger partial charge in [0.25, 0.3) is 10.0 Å². The average Bonchev–Trinajstić information content (AvgIpc) is 2.54. The Kier molecular flexibility index (Phi) is 5.25. The summed E-state index contributed by atoms with van der Waals surface area (Å²) in [5.41, 5.74) is -0.930. The first-order chi connectivity index (χ1) is 9.35. The van der Waals surface area contributed by atoms with Crippen LogP contribution < -0.4 is 4.72 Å². The fraction of sp³-hybridized carbons (Fsp3) is 0.545. The van der Waals surface area contributed by atoms with Crippen LogP contribution in [0.1, 0.15) is 26.3 Å². The smallest absolute Gasteiger partial charge is 0.407 e. The van der Waals surface area contributed by atoms with Gasteiger partial charge in [0.2, 0.25) is 0 Å². The molecule has 0 aliphatic carbocycles. The second-order valence-corrected chi connectivity index (χ2v) is 8.95. The van der Waals surface area contributed by atoms with Crippen molar-refractivity contribution in [3.05, 3.63) is 15.7 Å². The van der Waals surface area contributed by atoms with Gasteiger partial charge in [-0.25, -0.2) is 22.3 Å². The van der Waals surface area contributed by atoms with Crippen molar-refractivity contribution in [2.24, 2.45) is 0 Å². The van der Waals surface area contributed by atoms with Crippen molar-refractivity contribution < 1.29 is 22.7 Å². The minimum atomic E-state index is -4.06. The summed E-state index contributed by atoms with van der Waals surface area (Å²) in [6.07, 6.45) is -1.27. The number of halogens is 2. The molecule has 21 heavy (non-hydrogen) atoms. The van der Waals surface area contributed by atoms with E-state index in [4.69, 9.17) is 16.7 Å². The molecule has 0 aliphatic heterocycles. The van der Waals surface area contributed by atoms with E-state index in [1.807, 2.05) is 0 Å². The Balaban J connectivity index is 3.22. The predicted octanol–water partition coefficient (Wildman–Crippen LogP) is 2.73. The van der Waals surface area contributed by atoms with Gasteiger partial charge < -0.3 is 10.0 Å². The van der Waals surface area contributed by atoms with E-state index in [1.54, 1.807) is 20.8 Å². The molecule has 120 valence electrons. The molecule has 1 amide bonds. The molecule has 0 radical (unpaired) electrons. The molecule has 0 atom stereocenters. The first kappa shape index (κ1) is 18.1. The van der Waals surface area contributed by atoms with Crippen molar-refractivity contribution in [2.75, 3.05) is 7.05 Å². The second-order valence-electron chi connectivity index (χ2n) is 5.45. The summed E-state index contributed by atoms with van der Waals surface area (Å²) in [6.45, 7) is 4.53. The van der Waals surface area contributed by atoms with Crippen LogP contribution in [0.3, 0.4) is 0 Å². The number of amides is 1. The van der Waals surface area contributed by atoms with E-state index in [0.717, 1.165) is 4.90 Å². The monoisotopic (exact) mass is 358 g/mol. The molecule has 0 fully saturated rings. The zero-order valence-corrected chi connectivity index (χ0v) is 14.3. The van der Waals surface area contributed by atoms with Gasteiger partial charge in [0.1, 0.15) is 4.34 Å². The molecule has 1 aromatic rings.